The Morgan fingerprint density at radius 1 is 1.25 bits per heavy atom. The Morgan fingerprint density at radius 2 is 2.00 bits per heavy atom. The number of allylic oxidation sites excluding steroid dienone is 1. The molecule has 0 nitrogen and oxygen atoms in total. The minimum absolute atomic E-state index is 0.207. The maximum atomic E-state index is 3.49. The minimum atomic E-state index is 0.207. The van der Waals surface area contributed by atoms with Gasteiger partial charge in [0.2, 0.25) is 0 Å². The number of rotatable bonds is 0. The minimum Gasteiger partial charge on any atom is -0.0739 e. The van der Waals surface area contributed by atoms with Gasteiger partial charge >= 0.3 is 0 Å². The van der Waals surface area contributed by atoms with Gasteiger partial charge in [0.25, 0.3) is 0 Å². The van der Waals surface area contributed by atoms with E-state index in [0.29, 0.717) is 0 Å². The maximum absolute atomic E-state index is 3.49. The van der Waals surface area contributed by atoms with Crippen LogP contribution in [0.25, 0.3) is 6.08 Å². The van der Waals surface area contributed by atoms with Crippen molar-refractivity contribution in [1.29, 1.82) is 0 Å². The van der Waals surface area contributed by atoms with Crippen LogP contribution in [0.3, 0.4) is 0 Å². The van der Waals surface area contributed by atoms with Crippen LogP contribution in [0.2, 0.25) is 0 Å². The van der Waals surface area contributed by atoms with Crippen LogP contribution in [0.5, 0.6) is 0 Å². The summed E-state index contributed by atoms with van der Waals surface area (Å²) in [6.07, 6.45) is 4.45. The largest absolute Gasteiger partial charge is 0.0739 e. The molecule has 1 aliphatic rings. The van der Waals surface area contributed by atoms with Crippen LogP contribution in [0, 0.1) is 0 Å². The molecule has 0 fully saturated rings. The van der Waals surface area contributed by atoms with E-state index < -0.39 is 0 Å². The predicted octanol–water partition coefficient (Wildman–Crippen LogP) is 3.75. The zero-order chi connectivity index (χ0) is 8.77. The molecule has 0 N–H and O–H groups in total. The van der Waals surface area contributed by atoms with E-state index in [1.54, 1.807) is 0 Å². The first-order valence-corrected chi connectivity index (χ1v) is 4.88. The summed E-state index contributed by atoms with van der Waals surface area (Å²) in [7, 11) is 0. The van der Waals surface area contributed by atoms with Crippen LogP contribution in [-0.4, -0.2) is 0 Å². The van der Waals surface area contributed by atoms with Crippen molar-refractivity contribution in [2.75, 3.05) is 0 Å². The van der Waals surface area contributed by atoms with Crippen LogP contribution in [0.15, 0.2) is 28.7 Å². The monoisotopic (exact) mass is 222 g/mol. The lowest BCUT2D eigenvalue weighted by Gasteiger charge is -2.17. The van der Waals surface area contributed by atoms with E-state index in [1.807, 2.05) is 0 Å². The summed E-state index contributed by atoms with van der Waals surface area (Å²) in [6.45, 7) is 4.48. The van der Waals surface area contributed by atoms with Gasteiger partial charge in [0.1, 0.15) is 0 Å². The molecular weight excluding hydrogens is 212 g/mol. The second-order valence-corrected chi connectivity index (χ2v) is 4.70. The summed E-state index contributed by atoms with van der Waals surface area (Å²) in [5.74, 6) is 0. The summed E-state index contributed by atoms with van der Waals surface area (Å²) in [6, 6.07) is 6.45. The number of fused-ring (bicyclic) bond motifs is 1. The Labute approximate surface area is 81.4 Å². The van der Waals surface area contributed by atoms with Gasteiger partial charge in [-0.2, -0.15) is 0 Å². The average Bonchev–Trinajstić information content (AvgIpc) is 2.28. The molecule has 0 saturated carbocycles. The number of benzene rings is 1. The van der Waals surface area contributed by atoms with Gasteiger partial charge in [-0.15, -0.1) is 0 Å². The summed E-state index contributed by atoms with van der Waals surface area (Å²) in [5, 5.41) is 0. The van der Waals surface area contributed by atoms with Gasteiger partial charge in [-0.1, -0.05) is 48.0 Å². The van der Waals surface area contributed by atoms with Crippen molar-refractivity contribution in [1.82, 2.24) is 0 Å². The second kappa shape index (κ2) is 2.46. The van der Waals surface area contributed by atoms with Gasteiger partial charge in [0.05, 0.1) is 0 Å². The number of hydrogen-bond donors (Lipinski definition) is 0. The average molecular weight is 223 g/mol. The van der Waals surface area contributed by atoms with Crippen LogP contribution in [0.1, 0.15) is 25.0 Å². The molecule has 2 rings (SSSR count). The van der Waals surface area contributed by atoms with Crippen molar-refractivity contribution in [2.24, 2.45) is 0 Å². The third kappa shape index (κ3) is 1.13. The molecule has 0 amide bonds. The second-order valence-electron chi connectivity index (χ2n) is 3.79. The molecule has 0 saturated heterocycles. The quantitative estimate of drug-likeness (QED) is 0.628. The van der Waals surface area contributed by atoms with Gasteiger partial charge < -0.3 is 0 Å². The third-order valence-corrected chi connectivity index (χ3v) is 2.88. The van der Waals surface area contributed by atoms with E-state index in [4.69, 9.17) is 0 Å². The fraction of sp³-hybridized carbons (Fsp3) is 0.273. The lowest BCUT2D eigenvalue weighted by atomic mass is 9.87. The van der Waals surface area contributed by atoms with Crippen molar-refractivity contribution in [3.05, 3.63) is 39.9 Å². The van der Waals surface area contributed by atoms with E-state index in [2.05, 4.69) is 60.1 Å². The fourth-order valence-corrected chi connectivity index (χ4v) is 1.98. The molecule has 0 bridgehead atoms. The van der Waals surface area contributed by atoms with E-state index in [1.165, 1.54) is 11.1 Å². The molecule has 0 aliphatic heterocycles. The lowest BCUT2D eigenvalue weighted by molar-refractivity contribution is 0.683. The summed E-state index contributed by atoms with van der Waals surface area (Å²) >= 11 is 3.49. The number of halogens is 1. The topological polar surface area (TPSA) is 0 Å². The Hall–Kier alpha value is -0.560. The Bertz CT molecular complexity index is 348. The smallest absolute Gasteiger partial charge is 0.0178 e. The molecule has 0 aromatic heterocycles. The molecule has 12 heavy (non-hydrogen) atoms. The van der Waals surface area contributed by atoms with Gasteiger partial charge in [-0.3, -0.25) is 0 Å². The standard InChI is InChI=1S/C11H11Br/c1-11(2)6-5-8-3-4-9(12)7-10(8)11/h3-7H,1-2H3. The third-order valence-electron chi connectivity index (χ3n) is 2.39. The predicted molar refractivity (Wildman–Crippen MR) is 56.2 cm³/mol. The molecule has 1 aliphatic carbocycles. The SMILES string of the molecule is CC1(C)C=Cc2ccc(Br)cc21. The van der Waals surface area contributed by atoms with Gasteiger partial charge in [-0.25, -0.2) is 0 Å². The summed E-state index contributed by atoms with van der Waals surface area (Å²) < 4.78 is 1.16. The zero-order valence-corrected chi connectivity index (χ0v) is 8.85. The zero-order valence-electron chi connectivity index (χ0n) is 7.26. The molecule has 62 valence electrons. The molecule has 0 unspecified atom stereocenters. The first kappa shape index (κ1) is 8.06. The maximum Gasteiger partial charge on any atom is 0.0178 e. The van der Waals surface area contributed by atoms with E-state index in [-0.39, 0.29) is 5.41 Å². The van der Waals surface area contributed by atoms with Crippen LogP contribution in [0.4, 0.5) is 0 Å². The van der Waals surface area contributed by atoms with Gasteiger partial charge in [0.15, 0.2) is 0 Å². The molecule has 0 radical (unpaired) electrons. The molecule has 0 heterocycles. The fourth-order valence-electron chi connectivity index (χ4n) is 1.62. The highest BCUT2D eigenvalue weighted by Crippen LogP contribution is 2.36. The van der Waals surface area contributed by atoms with E-state index in [0.717, 1.165) is 4.47 Å². The molecule has 0 atom stereocenters. The van der Waals surface area contributed by atoms with Gasteiger partial charge in [-0.05, 0) is 23.3 Å². The Morgan fingerprint density at radius 3 is 2.75 bits per heavy atom. The highest BCUT2D eigenvalue weighted by Gasteiger charge is 2.24. The highest BCUT2D eigenvalue weighted by atomic mass is 79.9. The first-order valence-electron chi connectivity index (χ1n) is 4.09. The lowest BCUT2D eigenvalue weighted by Crippen LogP contribution is -2.10. The number of hydrogen-bond acceptors (Lipinski definition) is 0. The van der Waals surface area contributed by atoms with Crippen molar-refractivity contribution >= 4 is 22.0 Å². The summed E-state index contributed by atoms with van der Waals surface area (Å²) in [4.78, 5) is 0. The van der Waals surface area contributed by atoms with Crippen LogP contribution < -0.4 is 0 Å². The van der Waals surface area contributed by atoms with Crippen LogP contribution >= 0.6 is 15.9 Å². The van der Waals surface area contributed by atoms with E-state index in [9.17, 15) is 0 Å². The first-order chi connectivity index (χ1) is 5.59. The molecule has 1 aromatic carbocycles. The van der Waals surface area contributed by atoms with Crippen LogP contribution in [-0.2, 0) is 5.41 Å². The van der Waals surface area contributed by atoms with E-state index >= 15 is 0 Å². The summed E-state index contributed by atoms with van der Waals surface area (Å²) in [5.41, 5.74) is 2.97. The normalized spacial score (nSPS) is 17.9. The Balaban J connectivity index is 2.63. The van der Waals surface area contributed by atoms with Gasteiger partial charge in [0, 0.05) is 9.89 Å². The van der Waals surface area contributed by atoms with Crippen molar-refractivity contribution < 1.29 is 0 Å². The molecule has 1 heteroatoms. The highest BCUT2D eigenvalue weighted by molar-refractivity contribution is 9.10. The molecule has 1 aromatic rings. The van der Waals surface area contributed by atoms with Crippen molar-refractivity contribution in [3.8, 4) is 0 Å². The molecule has 0 spiro atoms. The van der Waals surface area contributed by atoms with Crippen molar-refractivity contribution in [3.63, 3.8) is 0 Å². The van der Waals surface area contributed by atoms with Crippen molar-refractivity contribution in [2.45, 2.75) is 19.3 Å². The Kier molecular flexibility index (Phi) is 1.65. The molecular formula is C11H11Br.